The highest BCUT2D eigenvalue weighted by Gasteiger charge is 2.23. The molecule has 0 aromatic heterocycles. The molecule has 2 aromatic rings. The van der Waals surface area contributed by atoms with Crippen molar-refractivity contribution in [1.82, 2.24) is 4.90 Å². The average molecular weight is 332 g/mol. The zero-order valence-electron chi connectivity index (χ0n) is 10.9. The largest absolute Gasteiger partial charge is 0.491 e. The lowest BCUT2D eigenvalue weighted by Crippen LogP contribution is -2.31. The van der Waals surface area contributed by atoms with E-state index in [1.165, 1.54) is 0 Å². The Morgan fingerprint density at radius 3 is 2.75 bits per heavy atom. The molecule has 1 amide bonds. The fourth-order valence-corrected chi connectivity index (χ4v) is 2.62. The van der Waals surface area contributed by atoms with E-state index in [0.717, 1.165) is 10.0 Å². The van der Waals surface area contributed by atoms with Gasteiger partial charge in [0, 0.05) is 11.0 Å². The first-order chi connectivity index (χ1) is 9.74. The molecule has 0 atom stereocenters. The molecule has 0 bridgehead atoms. The zero-order valence-corrected chi connectivity index (χ0v) is 12.5. The summed E-state index contributed by atoms with van der Waals surface area (Å²) in [5.41, 5.74) is 1.75. The Hall–Kier alpha value is -1.81. The van der Waals surface area contributed by atoms with Gasteiger partial charge in [0.25, 0.3) is 5.91 Å². The number of rotatable bonds is 2. The molecule has 1 heterocycles. The van der Waals surface area contributed by atoms with Crippen molar-refractivity contribution in [2.45, 2.75) is 6.54 Å². The van der Waals surface area contributed by atoms with Crippen molar-refractivity contribution >= 4 is 21.8 Å². The number of carbonyl (C=O) groups is 1. The van der Waals surface area contributed by atoms with Crippen LogP contribution in [-0.4, -0.2) is 24.0 Å². The predicted octanol–water partition coefficient (Wildman–Crippen LogP) is 3.48. The Balaban J connectivity index is 1.87. The van der Waals surface area contributed by atoms with Crippen LogP contribution in [0.1, 0.15) is 15.9 Å². The second-order valence-electron chi connectivity index (χ2n) is 4.70. The third kappa shape index (κ3) is 2.70. The molecular weight excluding hydrogens is 318 g/mol. The van der Waals surface area contributed by atoms with E-state index in [-0.39, 0.29) is 5.91 Å². The monoisotopic (exact) mass is 331 g/mol. The van der Waals surface area contributed by atoms with Crippen molar-refractivity contribution < 1.29 is 9.53 Å². The summed E-state index contributed by atoms with van der Waals surface area (Å²) in [5, 5.41) is 0. The Bertz CT molecular complexity index is 628. The van der Waals surface area contributed by atoms with Crippen LogP contribution in [0.15, 0.2) is 53.0 Å². The Labute approximate surface area is 126 Å². The van der Waals surface area contributed by atoms with E-state index in [0.29, 0.717) is 31.0 Å². The number of hydrogen-bond acceptors (Lipinski definition) is 2. The molecule has 0 unspecified atom stereocenters. The van der Waals surface area contributed by atoms with E-state index >= 15 is 0 Å². The van der Waals surface area contributed by atoms with Crippen LogP contribution >= 0.6 is 15.9 Å². The van der Waals surface area contributed by atoms with Gasteiger partial charge >= 0.3 is 0 Å². The first-order valence-corrected chi connectivity index (χ1v) is 7.29. The third-order valence-electron chi connectivity index (χ3n) is 3.30. The second kappa shape index (κ2) is 5.67. The topological polar surface area (TPSA) is 29.5 Å². The van der Waals surface area contributed by atoms with Gasteiger partial charge in [0.05, 0.1) is 12.1 Å². The highest BCUT2D eigenvalue weighted by molar-refractivity contribution is 9.10. The maximum atomic E-state index is 12.6. The fourth-order valence-electron chi connectivity index (χ4n) is 2.28. The second-order valence-corrected chi connectivity index (χ2v) is 5.62. The SMILES string of the molecule is O=C1c2ccc(Br)cc2OCCN1Cc1ccccc1. The normalized spacial score (nSPS) is 14.4. The van der Waals surface area contributed by atoms with Gasteiger partial charge in [-0.1, -0.05) is 46.3 Å². The van der Waals surface area contributed by atoms with Gasteiger partial charge in [-0.3, -0.25) is 4.79 Å². The molecule has 0 saturated carbocycles. The summed E-state index contributed by atoms with van der Waals surface area (Å²) in [6.07, 6.45) is 0. The Kier molecular flexibility index (Phi) is 3.74. The summed E-state index contributed by atoms with van der Waals surface area (Å²) >= 11 is 3.40. The van der Waals surface area contributed by atoms with Crippen LogP contribution in [0.5, 0.6) is 5.75 Å². The number of ether oxygens (including phenoxy) is 1. The first kappa shape index (κ1) is 13.2. The molecule has 0 N–H and O–H groups in total. The minimum atomic E-state index is 0.0221. The molecule has 4 heteroatoms. The maximum absolute atomic E-state index is 12.6. The van der Waals surface area contributed by atoms with E-state index in [1.54, 1.807) is 0 Å². The van der Waals surface area contributed by atoms with Gasteiger partial charge in [-0.15, -0.1) is 0 Å². The smallest absolute Gasteiger partial charge is 0.258 e. The summed E-state index contributed by atoms with van der Waals surface area (Å²) in [6, 6.07) is 15.5. The summed E-state index contributed by atoms with van der Waals surface area (Å²) in [4.78, 5) is 14.4. The van der Waals surface area contributed by atoms with Crippen LogP contribution < -0.4 is 4.74 Å². The molecule has 0 aliphatic carbocycles. The molecule has 3 rings (SSSR count). The number of halogens is 1. The molecular formula is C16H14BrNO2. The van der Waals surface area contributed by atoms with E-state index in [2.05, 4.69) is 15.9 Å². The van der Waals surface area contributed by atoms with Crippen molar-refractivity contribution in [3.05, 3.63) is 64.1 Å². The average Bonchev–Trinajstić information content (AvgIpc) is 2.60. The summed E-state index contributed by atoms with van der Waals surface area (Å²) in [5.74, 6) is 0.675. The van der Waals surface area contributed by atoms with Crippen molar-refractivity contribution in [2.24, 2.45) is 0 Å². The molecule has 3 nitrogen and oxygen atoms in total. The van der Waals surface area contributed by atoms with Crippen LogP contribution in [-0.2, 0) is 6.54 Å². The zero-order chi connectivity index (χ0) is 13.9. The van der Waals surface area contributed by atoms with Crippen molar-refractivity contribution in [3.63, 3.8) is 0 Å². The van der Waals surface area contributed by atoms with Gasteiger partial charge in [0.2, 0.25) is 0 Å². The minimum absolute atomic E-state index is 0.0221. The number of nitrogens with zero attached hydrogens (tertiary/aromatic N) is 1. The number of hydrogen-bond donors (Lipinski definition) is 0. The molecule has 102 valence electrons. The number of fused-ring (bicyclic) bond motifs is 1. The van der Waals surface area contributed by atoms with Gasteiger partial charge in [-0.2, -0.15) is 0 Å². The lowest BCUT2D eigenvalue weighted by Gasteiger charge is -2.19. The summed E-state index contributed by atoms with van der Waals surface area (Å²) < 4.78 is 6.59. The highest BCUT2D eigenvalue weighted by atomic mass is 79.9. The van der Waals surface area contributed by atoms with E-state index in [4.69, 9.17) is 4.74 Å². The molecule has 1 aliphatic heterocycles. The van der Waals surface area contributed by atoms with Gasteiger partial charge in [0.1, 0.15) is 12.4 Å². The maximum Gasteiger partial charge on any atom is 0.258 e. The molecule has 20 heavy (non-hydrogen) atoms. The summed E-state index contributed by atoms with van der Waals surface area (Å²) in [7, 11) is 0. The van der Waals surface area contributed by atoms with Crippen LogP contribution in [0.3, 0.4) is 0 Å². The number of benzene rings is 2. The predicted molar refractivity (Wildman–Crippen MR) is 80.8 cm³/mol. The van der Waals surface area contributed by atoms with Gasteiger partial charge < -0.3 is 9.64 Å². The quantitative estimate of drug-likeness (QED) is 0.843. The van der Waals surface area contributed by atoms with Crippen LogP contribution in [0, 0.1) is 0 Å². The highest BCUT2D eigenvalue weighted by Crippen LogP contribution is 2.27. The molecule has 1 aliphatic rings. The lowest BCUT2D eigenvalue weighted by atomic mass is 10.1. The molecule has 0 spiro atoms. The third-order valence-corrected chi connectivity index (χ3v) is 3.79. The first-order valence-electron chi connectivity index (χ1n) is 6.49. The molecule has 0 saturated heterocycles. The lowest BCUT2D eigenvalue weighted by molar-refractivity contribution is 0.0743. The molecule has 0 radical (unpaired) electrons. The number of amides is 1. The van der Waals surface area contributed by atoms with Gasteiger partial charge in [-0.25, -0.2) is 0 Å². The van der Waals surface area contributed by atoms with Gasteiger partial charge in [-0.05, 0) is 23.8 Å². The van der Waals surface area contributed by atoms with Crippen LogP contribution in [0.2, 0.25) is 0 Å². The van der Waals surface area contributed by atoms with E-state index in [9.17, 15) is 4.79 Å². The van der Waals surface area contributed by atoms with Crippen molar-refractivity contribution in [1.29, 1.82) is 0 Å². The van der Waals surface area contributed by atoms with E-state index < -0.39 is 0 Å². The van der Waals surface area contributed by atoms with E-state index in [1.807, 2.05) is 53.4 Å². The van der Waals surface area contributed by atoms with Crippen molar-refractivity contribution in [3.8, 4) is 5.75 Å². The Morgan fingerprint density at radius 1 is 1.15 bits per heavy atom. The summed E-state index contributed by atoms with van der Waals surface area (Å²) in [6.45, 7) is 1.72. The molecule has 2 aromatic carbocycles. The van der Waals surface area contributed by atoms with Crippen LogP contribution in [0.25, 0.3) is 0 Å². The van der Waals surface area contributed by atoms with Gasteiger partial charge in [0.15, 0.2) is 0 Å². The number of carbonyl (C=O) groups excluding carboxylic acids is 1. The fraction of sp³-hybridized carbons (Fsp3) is 0.188. The van der Waals surface area contributed by atoms with Crippen molar-refractivity contribution in [2.75, 3.05) is 13.2 Å². The molecule has 0 fully saturated rings. The Morgan fingerprint density at radius 2 is 1.95 bits per heavy atom. The standard InChI is InChI=1S/C16H14BrNO2/c17-13-6-7-14-15(10-13)20-9-8-18(16(14)19)11-12-4-2-1-3-5-12/h1-7,10H,8-9,11H2. The minimum Gasteiger partial charge on any atom is -0.491 e. The van der Waals surface area contributed by atoms with Crippen LogP contribution in [0.4, 0.5) is 0 Å².